The Morgan fingerprint density at radius 2 is 2.14 bits per heavy atom. The Morgan fingerprint density at radius 1 is 1.38 bits per heavy atom. The first kappa shape index (κ1) is 16.3. The summed E-state index contributed by atoms with van der Waals surface area (Å²) in [5.41, 5.74) is 1.35. The van der Waals surface area contributed by atoms with Gasteiger partial charge in [-0.1, -0.05) is 6.92 Å². The molecule has 4 nitrogen and oxygen atoms in total. The van der Waals surface area contributed by atoms with Crippen LogP contribution in [-0.2, 0) is 6.54 Å². The number of guanidine groups is 1. The number of hydrogen-bond donors (Lipinski definition) is 2. The summed E-state index contributed by atoms with van der Waals surface area (Å²) < 4.78 is 0. The van der Waals surface area contributed by atoms with Crippen LogP contribution in [0.15, 0.2) is 16.4 Å². The van der Waals surface area contributed by atoms with Crippen LogP contribution in [0.4, 0.5) is 0 Å². The average Bonchev–Trinajstić information content (AvgIpc) is 3.11. The Bertz CT molecular complexity index is 449. The van der Waals surface area contributed by atoms with E-state index < -0.39 is 0 Å². The van der Waals surface area contributed by atoms with E-state index in [1.807, 2.05) is 7.05 Å². The minimum absolute atomic E-state index is 0.644. The second-order valence-electron chi connectivity index (χ2n) is 5.95. The minimum Gasteiger partial charge on any atom is -0.356 e. The molecule has 1 saturated heterocycles. The van der Waals surface area contributed by atoms with Crippen molar-refractivity contribution in [2.45, 2.75) is 33.2 Å². The zero-order valence-electron chi connectivity index (χ0n) is 13.5. The normalized spacial score (nSPS) is 18.0. The van der Waals surface area contributed by atoms with Gasteiger partial charge in [-0.25, -0.2) is 0 Å². The van der Waals surface area contributed by atoms with Gasteiger partial charge in [0.05, 0.1) is 6.54 Å². The molecule has 2 N–H and O–H groups in total. The van der Waals surface area contributed by atoms with Gasteiger partial charge in [-0.05, 0) is 55.8 Å². The van der Waals surface area contributed by atoms with Crippen LogP contribution in [0.25, 0.3) is 0 Å². The molecule has 2 heterocycles. The van der Waals surface area contributed by atoms with Crippen LogP contribution in [0.1, 0.15) is 30.2 Å². The van der Waals surface area contributed by atoms with Crippen molar-refractivity contribution in [1.82, 2.24) is 15.5 Å². The third-order valence-electron chi connectivity index (χ3n) is 3.99. The summed E-state index contributed by atoms with van der Waals surface area (Å²) in [5.74, 6) is 1.54. The highest BCUT2D eigenvalue weighted by Gasteiger charge is 2.14. The van der Waals surface area contributed by atoms with Gasteiger partial charge in [0, 0.05) is 25.0 Å². The van der Waals surface area contributed by atoms with Crippen molar-refractivity contribution >= 4 is 17.3 Å². The monoisotopic (exact) mass is 308 g/mol. The third-order valence-corrected chi connectivity index (χ3v) is 5.02. The van der Waals surface area contributed by atoms with Crippen LogP contribution in [0, 0.1) is 12.8 Å². The highest BCUT2D eigenvalue weighted by molar-refractivity contribution is 7.10. The lowest BCUT2D eigenvalue weighted by molar-refractivity contribution is 0.287. The number of rotatable bonds is 6. The lowest BCUT2D eigenvalue weighted by atomic mass is 10.1. The Morgan fingerprint density at radius 3 is 2.76 bits per heavy atom. The topological polar surface area (TPSA) is 39.7 Å². The highest BCUT2D eigenvalue weighted by Crippen LogP contribution is 2.14. The molecule has 118 valence electrons. The molecule has 0 aliphatic carbocycles. The SMILES string of the molecule is CN=C(NCc1sccc1C)NCC(C)CN1CCCC1. The van der Waals surface area contributed by atoms with Crippen molar-refractivity contribution in [3.63, 3.8) is 0 Å². The molecule has 1 aliphatic rings. The van der Waals surface area contributed by atoms with E-state index in [4.69, 9.17) is 0 Å². The Hall–Kier alpha value is -1.07. The van der Waals surface area contributed by atoms with Crippen molar-refractivity contribution in [2.24, 2.45) is 10.9 Å². The summed E-state index contributed by atoms with van der Waals surface area (Å²) in [6.07, 6.45) is 2.73. The molecule has 1 aromatic heterocycles. The molecule has 1 unspecified atom stereocenters. The predicted octanol–water partition coefficient (Wildman–Crippen LogP) is 2.45. The first-order valence-corrected chi connectivity index (χ1v) is 8.77. The molecule has 0 saturated carbocycles. The fourth-order valence-corrected chi connectivity index (χ4v) is 3.56. The van der Waals surface area contributed by atoms with Crippen LogP contribution >= 0.6 is 11.3 Å². The van der Waals surface area contributed by atoms with E-state index in [2.05, 4.69) is 45.8 Å². The number of nitrogens with one attached hydrogen (secondary N) is 2. The van der Waals surface area contributed by atoms with Crippen molar-refractivity contribution < 1.29 is 0 Å². The van der Waals surface area contributed by atoms with Crippen molar-refractivity contribution in [3.05, 3.63) is 21.9 Å². The molecule has 0 bridgehead atoms. The molecule has 0 radical (unpaired) electrons. The van der Waals surface area contributed by atoms with Gasteiger partial charge in [0.2, 0.25) is 0 Å². The summed E-state index contributed by atoms with van der Waals surface area (Å²) in [4.78, 5) is 8.25. The molecule has 21 heavy (non-hydrogen) atoms. The quantitative estimate of drug-likeness (QED) is 0.626. The number of hydrogen-bond acceptors (Lipinski definition) is 3. The van der Waals surface area contributed by atoms with E-state index in [0.29, 0.717) is 5.92 Å². The molecule has 5 heteroatoms. The lowest BCUT2D eigenvalue weighted by Crippen LogP contribution is -2.41. The Labute approximate surface area is 132 Å². The van der Waals surface area contributed by atoms with Gasteiger partial charge in [0.25, 0.3) is 0 Å². The van der Waals surface area contributed by atoms with Crippen molar-refractivity contribution in [3.8, 4) is 0 Å². The first-order chi connectivity index (χ1) is 10.2. The van der Waals surface area contributed by atoms with Gasteiger partial charge in [0.1, 0.15) is 0 Å². The van der Waals surface area contributed by atoms with Crippen LogP contribution in [0.2, 0.25) is 0 Å². The van der Waals surface area contributed by atoms with E-state index in [9.17, 15) is 0 Å². The van der Waals surface area contributed by atoms with Gasteiger partial charge >= 0.3 is 0 Å². The fourth-order valence-electron chi connectivity index (χ4n) is 2.71. The molecule has 0 aromatic carbocycles. The number of thiophene rings is 1. The fraction of sp³-hybridized carbons (Fsp3) is 0.688. The summed E-state index contributed by atoms with van der Waals surface area (Å²) in [5, 5.41) is 8.98. The van der Waals surface area contributed by atoms with Crippen molar-refractivity contribution in [1.29, 1.82) is 0 Å². The zero-order chi connectivity index (χ0) is 15.1. The van der Waals surface area contributed by atoms with E-state index in [1.54, 1.807) is 11.3 Å². The summed E-state index contributed by atoms with van der Waals surface area (Å²) in [6.45, 7) is 10.0. The molecule has 0 spiro atoms. The largest absolute Gasteiger partial charge is 0.356 e. The molecule has 0 amide bonds. The van der Waals surface area contributed by atoms with Gasteiger partial charge in [-0.2, -0.15) is 0 Å². The maximum Gasteiger partial charge on any atom is 0.191 e. The number of likely N-dealkylation sites (tertiary alicyclic amines) is 1. The number of aryl methyl sites for hydroxylation is 1. The Kier molecular flexibility index (Phi) is 6.51. The van der Waals surface area contributed by atoms with Gasteiger partial charge in [0.15, 0.2) is 5.96 Å². The molecule has 2 rings (SSSR count). The molecule has 1 fully saturated rings. The second-order valence-corrected chi connectivity index (χ2v) is 6.95. The number of nitrogens with zero attached hydrogens (tertiary/aromatic N) is 2. The standard InChI is InChI=1S/C16H28N4S/c1-13(12-20-7-4-5-8-20)10-18-16(17-3)19-11-15-14(2)6-9-21-15/h6,9,13H,4-5,7-8,10-12H2,1-3H3,(H2,17,18,19). The van der Waals surface area contributed by atoms with E-state index in [0.717, 1.165) is 19.0 Å². The minimum atomic E-state index is 0.644. The molecule has 1 atom stereocenters. The maximum atomic E-state index is 4.31. The van der Waals surface area contributed by atoms with Crippen LogP contribution in [0.5, 0.6) is 0 Å². The Balaban J connectivity index is 1.68. The smallest absolute Gasteiger partial charge is 0.191 e. The number of aliphatic imine (C=N–C) groups is 1. The molecule has 1 aromatic rings. The van der Waals surface area contributed by atoms with Crippen LogP contribution in [0.3, 0.4) is 0 Å². The molecular weight excluding hydrogens is 280 g/mol. The first-order valence-electron chi connectivity index (χ1n) is 7.89. The zero-order valence-corrected chi connectivity index (χ0v) is 14.3. The third kappa shape index (κ3) is 5.32. The average molecular weight is 308 g/mol. The maximum absolute atomic E-state index is 4.31. The van der Waals surface area contributed by atoms with Crippen molar-refractivity contribution in [2.75, 3.05) is 33.2 Å². The van der Waals surface area contributed by atoms with Gasteiger partial charge < -0.3 is 15.5 Å². The second kappa shape index (κ2) is 8.39. The molecule has 1 aliphatic heterocycles. The highest BCUT2D eigenvalue weighted by atomic mass is 32.1. The summed E-state index contributed by atoms with van der Waals surface area (Å²) >= 11 is 1.80. The summed E-state index contributed by atoms with van der Waals surface area (Å²) in [7, 11) is 1.84. The predicted molar refractivity (Wildman–Crippen MR) is 92.1 cm³/mol. The lowest BCUT2D eigenvalue weighted by Gasteiger charge is -2.21. The van der Waals surface area contributed by atoms with Gasteiger partial charge in [-0.3, -0.25) is 4.99 Å². The van der Waals surface area contributed by atoms with Crippen LogP contribution < -0.4 is 10.6 Å². The van der Waals surface area contributed by atoms with E-state index in [1.165, 1.54) is 42.9 Å². The van der Waals surface area contributed by atoms with Crippen LogP contribution in [-0.4, -0.2) is 44.1 Å². The van der Waals surface area contributed by atoms with Gasteiger partial charge in [-0.15, -0.1) is 11.3 Å². The van der Waals surface area contributed by atoms with E-state index >= 15 is 0 Å². The summed E-state index contributed by atoms with van der Waals surface area (Å²) in [6, 6.07) is 2.16. The molecular formula is C16H28N4S. The van der Waals surface area contributed by atoms with E-state index in [-0.39, 0.29) is 0 Å².